The summed E-state index contributed by atoms with van der Waals surface area (Å²) in [5, 5.41) is 0. The van der Waals surface area contributed by atoms with Crippen LogP contribution in [0.3, 0.4) is 0 Å². The van der Waals surface area contributed by atoms with Crippen LogP contribution >= 0.6 is 0 Å². The highest BCUT2D eigenvalue weighted by atomic mass is 16.5. The van der Waals surface area contributed by atoms with Gasteiger partial charge in [0, 0.05) is 12.2 Å². The monoisotopic (exact) mass is 197 g/mol. The van der Waals surface area contributed by atoms with E-state index in [-0.39, 0.29) is 18.6 Å². The smallest absolute Gasteiger partial charge is 0.325 e. The second kappa shape index (κ2) is 4.76. The minimum absolute atomic E-state index is 0.132. The van der Waals surface area contributed by atoms with Crippen LogP contribution < -0.4 is 5.73 Å². The number of nitrogens with zero attached hydrogens (tertiary/aromatic N) is 2. The van der Waals surface area contributed by atoms with Crippen molar-refractivity contribution in [2.24, 2.45) is 5.73 Å². The molecule has 1 aromatic heterocycles. The van der Waals surface area contributed by atoms with E-state index in [2.05, 4.69) is 4.98 Å². The van der Waals surface area contributed by atoms with Crippen LogP contribution in [-0.4, -0.2) is 22.1 Å². The molecule has 0 aliphatic carbocycles. The van der Waals surface area contributed by atoms with Crippen LogP contribution in [-0.2, 0) is 16.1 Å². The van der Waals surface area contributed by atoms with Crippen LogP contribution in [0.2, 0.25) is 0 Å². The summed E-state index contributed by atoms with van der Waals surface area (Å²) in [6.45, 7) is 4.18. The van der Waals surface area contributed by atoms with Gasteiger partial charge in [-0.3, -0.25) is 4.79 Å². The Morgan fingerprint density at radius 2 is 2.50 bits per heavy atom. The van der Waals surface area contributed by atoms with Crippen LogP contribution in [0.4, 0.5) is 0 Å². The van der Waals surface area contributed by atoms with E-state index in [1.807, 2.05) is 6.92 Å². The zero-order valence-electron chi connectivity index (χ0n) is 8.43. The molecule has 0 amide bonds. The van der Waals surface area contributed by atoms with E-state index in [0.717, 1.165) is 5.69 Å². The first-order valence-corrected chi connectivity index (χ1v) is 4.56. The minimum atomic E-state index is -0.271. The molecule has 5 nitrogen and oxygen atoms in total. The van der Waals surface area contributed by atoms with Gasteiger partial charge < -0.3 is 15.0 Å². The molecule has 1 heterocycles. The number of rotatable bonds is 4. The summed E-state index contributed by atoms with van der Waals surface area (Å²) in [5.74, 6) is -0.271. The number of aromatic nitrogens is 2. The van der Waals surface area contributed by atoms with Crippen LogP contribution in [0, 0.1) is 0 Å². The molecule has 1 unspecified atom stereocenters. The second-order valence-electron chi connectivity index (χ2n) is 3.04. The summed E-state index contributed by atoms with van der Waals surface area (Å²) in [6, 6.07) is -0.132. The molecule has 0 saturated carbocycles. The van der Waals surface area contributed by atoms with Crippen LogP contribution in [0.5, 0.6) is 0 Å². The Hall–Kier alpha value is -1.36. The van der Waals surface area contributed by atoms with Crippen molar-refractivity contribution in [2.75, 3.05) is 6.61 Å². The summed E-state index contributed by atoms with van der Waals surface area (Å²) >= 11 is 0. The number of carbonyl (C=O) groups is 1. The van der Waals surface area contributed by atoms with Crippen molar-refractivity contribution in [3.8, 4) is 0 Å². The largest absolute Gasteiger partial charge is 0.465 e. The lowest BCUT2D eigenvalue weighted by Gasteiger charge is -2.09. The van der Waals surface area contributed by atoms with Gasteiger partial charge in [-0.25, -0.2) is 4.98 Å². The predicted molar refractivity (Wildman–Crippen MR) is 51.5 cm³/mol. The lowest BCUT2D eigenvalue weighted by Crippen LogP contribution is -2.18. The van der Waals surface area contributed by atoms with Gasteiger partial charge in [0.15, 0.2) is 0 Å². The summed E-state index contributed by atoms with van der Waals surface area (Å²) in [7, 11) is 0. The quantitative estimate of drug-likeness (QED) is 0.712. The molecule has 14 heavy (non-hydrogen) atoms. The third-order valence-corrected chi connectivity index (χ3v) is 1.82. The first kappa shape index (κ1) is 10.7. The van der Waals surface area contributed by atoms with E-state index in [0.29, 0.717) is 6.61 Å². The zero-order valence-corrected chi connectivity index (χ0v) is 8.43. The van der Waals surface area contributed by atoms with Crippen molar-refractivity contribution in [1.29, 1.82) is 0 Å². The van der Waals surface area contributed by atoms with Crippen molar-refractivity contribution >= 4 is 5.97 Å². The lowest BCUT2D eigenvalue weighted by atomic mass is 10.3. The topological polar surface area (TPSA) is 70.1 Å². The highest BCUT2D eigenvalue weighted by molar-refractivity contribution is 5.69. The number of esters is 1. The fourth-order valence-electron chi connectivity index (χ4n) is 1.19. The van der Waals surface area contributed by atoms with Crippen LogP contribution in [0.1, 0.15) is 25.6 Å². The molecule has 0 spiro atoms. The molecule has 1 aromatic rings. The summed E-state index contributed by atoms with van der Waals surface area (Å²) in [6.07, 6.45) is 3.24. The maximum Gasteiger partial charge on any atom is 0.325 e. The van der Waals surface area contributed by atoms with E-state index in [4.69, 9.17) is 10.5 Å². The van der Waals surface area contributed by atoms with E-state index >= 15 is 0 Å². The van der Waals surface area contributed by atoms with Gasteiger partial charge in [0.25, 0.3) is 0 Å². The Bertz CT molecular complexity index is 307. The summed E-state index contributed by atoms with van der Waals surface area (Å²) < 4.78 is 6.52. The molecule has 1 atom stereocenters. The molecule has 0 fully saturated rings. The van der Waals surface area contributed by atoms with Crippen molar-refractivity contribution in [3.63, 3.8) is 0 Å². The molecule has 0 saturated heterocycles. The lowest BCUT2D eigenvalue weighted by molar-refractivity contribution is -0.143. The van der Waals surface area contributed by atoms with Crippen molar-refractivity contribution in [3.05, 3.63) is 18.2 Å². The molecular formula is C9H15N3O2. The first-order chi connectivity index (χ1) is 6.65. The van der Waals surface area contributed by atoms with Gasteiger partial charge in [0.1, 0.15) is 6.54 Å². The van der Waals surface area contributed by atoms with Gasteiger partial charge in [-0.2, -0.15) is 0 Å². The molecule has 0 bridgehead atoms. The molecule has 78 valence electrons. The maximum atomic E-state index is 11.2. The van der Waals surface area contributed by atoms with Crippen molar-refractivity contribution < 1.29 is 9.53 Å². The average Bonchev–Trinajstić information content (AvgIpc) is 2.52. The van der Waals surface area contributed by atoms with E-state index in [9.17, 15) is 4.79 Å². The molecule has 1 rings (SSSR count). The predicted octanol–water partition coefficient (Wildman–Crippen LogP) is 0.466. The normalized spacial score (nSPS) is 12.5. The number of hydrogen-bond acceptors (Lipinski definition) is 4. The summed E-state index contributed by atoms with van der Waals surface area (Å²) in [5.41, 5.74) is 6.53. The third-order valence-electron chi connectivity index (χ3n) is 1.82. The highest BCUT2D eigenvalue weighted by Crippen LogP contribution is 2.08. The molecule has 0 radical (unpaired) electrons. The van der Waals surface area contributed by atoms with E-state index in [1.54, 1.807) is 24.0 Å². The van der Waals surface area contributed by atoms with Gasteiger partial charge in [-0.05, 0) is 13.8 Å². The SMILES string of the molecule is CCOC(=O)Cn1cncc1C(C)N. The van der Waals surface area contributed by atoms with Gasteiger partial charge in [-0.15, -0.1) is 0 Å². The van der Waals surface area contributed by atoms with Gasteiger partial charge in [0.2, 0.25) is 0 Å². The van der Waals surface area contributed by atoms with Crippen LogP contribution in [0.15, 0.2) is 12.5 Å². The summed E-state index contributed by atoms with van der Waals surface area (Å²) in [4.78, 5) is 15.1. The second-order valence-corrected chi connectivity index (χ2v) is 3.04. The van der Waals surface area contributed by atoms with E-state index < -0.39 is 0 Å². The molecular weight excluding hydrogens is 182 g/mol. The number of ether oxygens (including phenoxy) is 1. The molecule has 2 N–H and O–H groups in total. The van der Waals surface area contributed by atoms with Gasteiger partial charge in [-0.1, -0.05) is 0 Å². The van der Waals surface area contributed by atoms with Gasteiger partial charge in [0.05, 0.1) is 18.6 Å². The molecule has 0 aliphatic rings. The third kappa shape index (κ3) is 2.56. The molecule has 5 heteroatoms. The zero-order chi connectivity index (χ0) is 10.6. The average molecular weight is 197 g/mol. The van der Waals surface area contributed by atoms with Crippen LogP contribution in [0.25, 0.3) is 0 Å². The Morgan fingerprint density at radius 3 is 3.07 bits per heavy atom. The Kier molecular flexibility index (Phi) is 3.64. The first-order valence-electron chi connectivity index (χ1n) is 4.56. The number of hydrogen-bond donors (Lipinski definition) is 1. The van der Waals surface area contributed by atoms with Crippen molar-refractivity contribution in [2.45, 2.75) is 26.4 Å². The number of imidazole rings is 1. The highest BCUT2D eigenvalue weighted by Gasteiger charge is 2.10. The Balaban J connectivity index is 2.66. The molecule has 0 aliphatic heterocycles. The minimum Gasteiger partial charge on any atom is -0.465 e. The molecule has 0 aromatic carbocycles. The standard InChI is InChI=1S/C9H15N3O2/c1-3-14-9(13)5-12-6-11-4-8(12)7(2)10/h4,6-7H,3,5,10H2,1-2H3. The van der Waals surface area contributed by atoms with Crippen molar-refractivity contribution in [1.82, 2.24) is 9.55 Å². The fraction of sp³-hybridized carbons (Fsp3) is 0.556. The Labute approximate surface area is 82.9 Å². The van der Waals surface area contributed by atoms with E-state index in [1.165, 1.54) is 0 Å². The maximum absolute atomic E-state index is 11.2. The number of nitrogens with two attached hydrogens (primary N) is 1. The Morgan fingerprint density at radius 1 is 1.79 bits per heavy atom. The fourth-order valence-corrected chi connectivity index (χ4v) is 1.19. The number of carbonyl (C=O) groups excluding carboxylic acids is 1. The van der Waals surface area contributed by atoms with Gasteiger partial charge >= 0.3 is 5.97 Å².